The number of nitriles is 1. The standard InChI is InChI=1S/C11H10N4O2/c1-2-3-4-5-13-11-9(7-12)6-10(8-14-11)15(16)17/h6,8H,4-5H2,1H3,(H,13,14). The first-order chi connectivity index (χ1) is 8.19. The summed E-state index contributed by atoms with van der Waals surface area (Å²) in [5.74, 6) is 5.94. The van der Waals surface area contributed by atoms with Crippen LogP contribution in [0.1, 0.15) is 18.9 Å². The zero-order valence-electron chi connectivity index (χ0n) is 9.23. The fraction of sp³-hybridized carbons (Fsp3) is 0.273. The first-order valence-electron chi connectivity index (χ1n) is 4.87. The Morgan fingerprint density at radius 2 is 2.41 bits per heavy atom. The van der Waals surface area contributed by atoms with E-state index in [1.807, 2.05) is 6.07 Å². The van der Waals surface area contributed by atoms with Crippen molar-refractivity contribution < 1.29 is 4.92 Å². The van der Waals surface area contributed by atoms with E-state index >= 15 is 0 Å². The van der Waals surface area contributed by atoms with Crippen LogP contribution in [0.3, 0.4) is 0 Å². The van der Waals surface area contributed by atoms with Crippen LogP contribution in [0.2, 0.25) is 0 Å². The van der Waals surface area contributed by atoms with Gasteiger partial charge in [0, 0.05) is 19.0 Å². The molecule has 86 valence electrons. The molecular weight excluding hydrogens is 220 g/mol. The molecule has 0 unspecified atom stereocenters. The van der Waals surface area contributed by atoms with Gasteiger partial charge in [-0.25, -0.2) is 4.98 Å². The number of aromatic nitrogens is 1. The predicted octanol–water partition coefficient (Wildman–Crippen LogP) is 1.69. The molecule has 1 rings (SSSR count). The zero-order valence-corrected chi connectivity index (χ0v) is 9.23. The van der Waals surface area contributed by atoms with Crippen molar-refractivity contribution in [3.05, 3.63) is 27.9 Å². The summed E-state index contributed by atoms with van der Waals surface area (Å²) < 4.78 is 0. The maximum Gasteiger partial charge on any atom is 0.289 e. The molecule has 0 fully saturated rings. The Morgan fingerprint density at radius 3 is 3.00 bits per heavy atom. The number of rotatable bonds is 4. The summed E-state index contributed by atoms with van der Waals surface area (Å²) in [6, 6.07) is 3.06. The van der Waals surface area contributed by atoms with Crippen LogP contribution in [0.15, 0.2) is 12.3 Å². The van der Waals surface area contributed by atoms with E-state index in [-0.39, 0.29) is 11.3 Å². The van der Waals surface area contributed by atoms with Gasteiger partial charge in [-0.3, -0.25) is 10.1 Å². The Hall–Kier alpha value is -2.60. The van der Waals surface area contributed by atoms with Gasteiger partial charge in [0.15, 0.2) is 0 Å². The molecule has 0 bridgehead atoms. The van der Waals surface area contributed by atoms with Crippen molar-refractivity contribution in [2.45, 2.75) is 13.3 Å². The SMILES string of the molecule is CC#CCCNc1ncc([N+](=O)[O-])cc1C#N. The van der Waals surface area contributed by atoms with Gasteiger partial charge in [-0.2, -0.15) is 5.26 Å². The molecule has 1 heterocycles. The topological polar surface area (TPSA) is 91.8 Å². The number of anilines is 1. The van der Waals surface area contributed by atoms with E-state index in [1.165, 1.54) is 6.07 Å². The molecule has 6 heteroatoms. The van der Waals surface area contributed by atoms with Crippen molar-refractivity contribution in [2.75, 3.05) is 11.9 Å². The summed E-state index contributed by atoms with van der Waals surface area (Å²) in [5, 5.41) is 22.3. The second kappa shape index (κ2) is 6.09. The van der Waals surface area contributed by atoms with Crippen LogP contribution >= 0.6 is 0 Å². The molecule has 6 nitrogen and oxygen atoms in total. The third kappa shape index (κ3) is 3.47. The van der Waals surface area contributed by atoms with Gasteiger partial charge in [0.25, 0.3) is 5.69 Å². The van der Waals surface area contributed by atoms with E-state index in [4.69, 9.17) is 5.26 Å². The molecule has 0 aliphatic carbocycles. The van der Waals surface area contributed by atoms with E-state index in [9.17, 15) is 10.1 Å². The first-order valence-corrected chi connectivity index (χ1v) is 4.87. The Bertz CT molecular complexity index is 522. The summed E-state index contributed by atoms with van der Waals surface area (Å²) in [5.41, 5.74) is -0.0379. The van der Waals surface area contributed by atoms with E-state index < -0.39 is 4.92 Å². The smallest absolute Gasteiger partial charge is 0.289 e. The normalized spacial score (nSPS) is 8.71. The highest BCUT2D eigenvalue weighted by Gasteiger charge is 2.11. The average Bonchev–Trinajstić information content (AvgIpc) is 2.34. The molecule has 1 N–H and O–H groups in total. The van der Waals surface area contributed by atoms with Gasteiger partial charge in [-0.05, 0) is 6.92 Å². The van der Waals surface area contributed by atoms with Crippen LogP contribution in [0.5, 0.6) is 0 Å². The molecule has 17 heavy (non-hydrogen) atoms. The summed E-state index contributed by atoms with van der Waals surface area (Å²) in [6.07, 6.45) is 1.74. The fourth-order valence-electron chi connectivity index (χ4n) is 1.15. The average molecular weight is 230 g/mol. The first kappa shape index (κ1) is 12.5. The summed E-state index contributed by atoms with van der Waals surface area (Å²) in [4.78, 5) is 13.8. The van der Waals surface area contributed by atoms with Gasteiger partial charge in [-0.1, -0.05) is 0 Å². The van der Waals surface area contributed by atoms with E-state index in [0.717, 1.165) is 6.20 Å². The molecule has 0 atom stereocenters. The number of hydrogen-bond donors (Lipinski definition) is 1. The molecule has 0 spiro atoms. The van der Waals surface area contributed by atoms with Gasteiger partial charge >= 0.3 is 0 Å². The van der Waals surface area contributed by atoms with Crippen LogP contribution in [0.25, 0.3) is 0 Å². The molecular formula is C11H10N4O2. The van der Waals surface area contributed by atoms with Crippen LogP contribution in [0.4, 0.5) is 11.5 Å². The lowest BCUT2D eigenvalue weighted by molar-refractivity contribution is -0.385. The third-order valence-corrected chi connectivity index (χ3v) is 1.92. The highest BCUT2D eigenvalue weighted by atomic mass is 16.6. The number of nitrogens with one attached hydrogen (secondary N) is 1. The van der Waals surface area contributed by atoms with Gasteiger partial charge in [0.05, 0.1) is 4.92 Å². The van der Waals surface area contributed by atoms with E-state index in [2.05, 4.69) is 22.1 Å². The Labute approximate surface area is 98.4 Å². The quantitative estimate of drug-likeness (QED) is 0.367. The van der Waals surface area contributed by atoms with Crippen molar-refractivity contribution in [3.63, 3.8) is 0 Å². The van der Waals surface area contributed by atoms with Gasteiger partial charge < -0.3 is 5.32 Å². The summed E-state index contributed by atoms with van der Waals surface area (Å²) in [7, 11) is 0. The largest absolute Gasteiger partial charge is 0.368 e. The van der Waals surface area contributed by atoms with Crippen LogP contribution in [-0.2, 0) is 0 Å². The van der Waals surface area contributed by atoms with Crippen molar-refractivity contribution in [1.29, 1.82) is 5.26 Å². The second-order valence-corrected chi connectivity index (χ2v) is 3.06. The molecule has 0 aliphatic heterocycles. The van der Waals surface area contributed by atoms with Gasteiger partial charge in [0.2, 0.25) is 0 Å². The fourth-order valence-corrected chi connectivity index (χ4v) is 1.15. The van der Waals surface area contributed by atoms with Crippen molar-refractivity contribution in [1.82, 2.24) is 4.98 Å². The minimum absolute atomic E-state index is 0.156. The molecule has 0 saturated carbocycles. The number of nitrogens with zero attached hydrogens (tertiary/aromatic N) is 3. The number of hydrogen-bond acceptors (Lipinski definition) is 5. The van der Waals surface area contributed by atoms with Crippen molar-refractivity contribution in [2.24, 2.45) is 0 Å². The lowest BCUT2D eigenvalue weighted by Gasteiger charge is -2.04. The van der Waals surface area contributed by atoms with Crippen LogP contribution < -0.4 is 5.32 Å². The lowest BCUT2D eigenvalue weighted by Crippen LogP contribution is -2.05. The zero-order chi connectivity index (χ0) is 12.7. The number of pyridine rings is 1. The van der Waals surface area contributed by atoms with Crippen molar-refractivity contribution >= 4 is 11.5 Å². The molecule has 0 radical (unpaired) electrons. The Morgan fingerprint density at radius 1 is 1.65 bits per heavy atom. The summed E-state index contributed by atoms with van der Waals surface area (Å²) >= 11 is 0. The third-order valence-electron chi connectivity index (χ3n) is 1.92. The Kier molecular flexibility index (Phi) is 4.46. The van der Waals surface area contributed by atoms with Gasteiger partial charge in [-0.15, -0.1) is 11.8 Å². The molecule has 0 amide bonds. The molecule has 0 saturated heterocycles. The Balaban J connectivity index is 2.82. The predicted molar refractivity (Wildman–Crippen MR) is 62.2 cm³/mol. The van der Waals surface area contributed by atoms with Crippen LogP contribution in [-0.4, -0.2) is 16.5 Å². The van der Waals surface area contributed by atoms with Crippen molar-refractivity contribution in [3.8, 4) is 17.9 Å². The minimum Gasteiger partial charge on any atom is -0.368 e. The van der Waals surface area contributed by atoms with Gasteiger partial charge in [0.1, 0.15) is 23.6 Å². The molecule has 1 aromatic rings. The highest BCUT2D eigenvalue weighted by molar-refractivity contribution is 5.55. The number of nitro groups is 1. The van der Waals surface area contributed by atoms with E-state index in [0.29, 0.717) is 18.8 Å². The summed E-state index contributed by atoms with van der Waals surface area (Å²) in [6.45, 7) is 2.28. The molecule has 0 aliphatic rings. The maximum atomic E-state index is 10.5. The minimum atomic E-state index is -0.583. The monoisotopic (exact) mass is 230 g/mol. The van der Waals surface area contributed by atoms with E-state index in [1.54, 1.807) is 6.92 Å². The maximum absolute atomic E-state index is 10.5. The van der Waals surface area contributed by atoms with Crippen LogP contribution in [0, 0.1) is 33.3 Å². The molecule has 0 aromatic carbocycles. The highest BCUT2D eigenvalue weighted by Crippen LogP contribution is 2.17. The second-order valence-electron chi connectivity index (χ2n) is 3.06. The molecule has 1 aromatic heterocycles. The lowest BCUT2D eigenvalue weighted by atomic mass is 10.2.